The molecule has 2 rings (SSSR count). The highest BCUT2D eigenvalue weighted by Crippen LogP contribution is 2.25. The molecule has 0 amide bonds. The van der Waals surface area contributed by atoms with Crippen molar-refractivity contribution in [3.63, 3.8) is 0 Å². The van der Waals surface area contributed by atoms with Crippen LogP contribution in [0, 0.1) is 11.6 Å². The molecule has 20 heavy (non-hydrogen) atoms. The van der Waals surface area contributed by atoms with E-state index in [-0.39, 0.29) is 12.6 Å². The fourth-order valence-corrected chi connectivity index (χ4v) is 1.92. The topological polar surface area (TPSA) is 21.3 Å². The highest BCUT2D eigenvalue weighted by Gasteiger charge is 2.10. The molecule has 0 fully saturated rings. The third-order valence-electron chi connectivity index (χ3n) is 3.20. The van der Waals surface area contributed by atoms with Crippen molar-refractivity contribution >= 4 is 0 Å². The quantitative estimate of drug-likeness (QED) is 0.897. The van der Waals surface area contributed by atoms with Gasteiger partial charge in [0.25, 0.3) is 0 Å². The molecule has 1 unspecified atom stereocenters. The lowest BCUT2D eigenvalue weighted by Crippen LogP contribution is -2.13. The van der Waals surface area contributed by atoms with Crippen LogP contribution in [0.2, 0.25) is 0 Å². The number of nitrogens with one attached hydrogen (secondary N) is 1. The molecule has 0 spiro atoms. The Morgan fingerprint density at radius 1 is 1.10 bits per heavy atom. The number of para-hydroxylation sites is 1. The third kappa shape index (κ3) is 3.33. The Morgan fingerprint density at radius 3 is 2.55 bits per heavy atom. The Kier molecular flexibility index (Phi) is 4.69. The van der Waals surface area contributed by atoms with Crippen LogP contribution in [0.3, 0.4) is 0 Å². The van der Waals surface area contributed by atoms with E-state index in [4.69, 9.17) is 4.74 Å². The fourth-order valence-electron chi connectivity index (χ4n) is 1.92. The fraction of sp³-hybridized carbons (Fsp3) is 0.250. The van der Waals surface area contributed by atoms with Crippen LogP contribution in [0.5, 0.6) is 5.75 Å². The predicted octanol–water partition coefficient (Wildman–Crippen LogP) is 3.82. The van der Waals surface area contributed by atoms with Crippen LogP contribution in [0.1, 0.15) is 24.1 Å². The number of halogens is 2. The van der Waals surface area contributed by atoms with Crippen LogP contribution >= 0.6 is 0 Å². The van der Waals surface area contributed by atoms with E-state index < -0.39 is 11.6 Å². The summed E-state index contributed by atoms with van der Waals surface area (Å²) in [5.41, 5.74) is 1.62. The second kappa shape index (κ2) is 6.48. The summed E-state index contributed by atoms with van der Waals surface area (Å²) >= 11 is 0. The monoisotopic (exact) mass is 277 g/mol. The van der Waals surface area contributed by atoms with Crippen molar-refractivity contribution in [2.75, 3.05) is 7.05 Å². The first-order valence-corrected chi connectivity index (χ1v) is 6.44. The number of hydrogen-bond acceptors (Lipinski definition) is 2. The summed E-state index contributed by atoms with van der Waals surface area (Å²) in [7, 11) is 1.87. The van der Waals surface area contributed by atoms with Crippen molar-refractivity contribution in [3.05, 3.63) is 65.2 Å². The molecular weight excluding hydrogens is 260 g/mol. The number of rotatable bonds is 5. The highest BCUT2D eigenvalue weighted by atomic mass is 19.2. The molecular formula is C16H17F2NO. The van der Waals surface area contributed by atoms with E-state index in [1.807, 2.05) is 38.2 Å². The van der Waals surface area contributed by atoms with E-state index in [1.54, 1.807) is 0 Å². The van der Waals surface area contributed by atoms with Crippen LogP contribution < -0.4 is 10.1 Å². The van der Waals surface area contributed by atoms with Gasteiger partial charge in [-0.05, 0) is 37.7 Å². The lowest BCUT2D eigenvalue weighted by molar-refractivity contribution is 0.299. The van der Waals surface area contributed by atoms with E-state index in [1.165, 1.54) is 6.07 Å². The molecule has 1 N–H and O–H groups in total. The first-order chi connectivity index (χ1) is 9.61. The van der Waals surface area contributed by atoms with Gasteiger partial charge in [-0.3, -0.25) is 0 Å². The number of ether oxygens (including phenoxy) is 1. The summed E-state index contributed by atoms with van der Waals surface area (Å²) in [5, 5.41) is 3.15. The Labute approximate surface area is 117 Å². The van der Waals surface area contributed by atoms with Crippen LogP contribution in [-0.4, -0.2) is 7.05 Å². The van der Waals surface area contributed by atoms with Crippen LogP contribution in [-0.2, 0) is 6.61 Å². The van der Waals surface area contributed by atoms with Gasteiger partial charge in [0.05, 0.1) is 0 Å². The van der Waals surface area contributed by atoms with Crippen LogP contribution in [0.4, 0.5) is 8.78 Å². The van der Waals surface area contributed by atoms with Gasteiger partial charge in [-0.15, -0.1) is 0 Å². The molecule has 0 saturated heterocycles. The normalized spacial score (nSPS) is 12.2. The largest absolute Gasteiger partial charge is 0.489 e. The van der Waals surface area contributed by atoms with Crippen LogP contribution in [0.25, 0.3) is 0 Å². The summed E-state index contributed by atoms with van der Waals surface area (Å²) in [6.45, 7) is 2.23. The summed E-state index contributed by atoms with van der Waals surface area (Å²) in [6.07, 6.45) is 0. The lowest BCUT2D eigenvalue weighted by atomic mass is 10.1. The average molecular weight is 277 g/mol. The van der Waals surface area contributed by atoms with Crippen molar-refractivity contribution in [1.82, 2.24) is 5.32 Å². The molecule has 0 saturated carbocycles. The Morgan fingerprint density at radius 2 is 1.85 bits per heavy atom. The van der Waals surface area contributed by atoms with Gasteiger partial charge in [-0.25, -0.2) is 8.78 Å². The van der Waals surface area contributed by atoms with Gasteiger partial charge in [0.15, 0.2) is 11.6 Å². The van der Waals surface area contributed by atoms with E-state index in [9.17, 15) is 8.78 Å². The van der Waals surface area contributed by atoms with Gasteiger partial charge in [0, 0.05) is 11.6 Å². The molecule has 106 valence electrons. The second-order valence-corrected chi connectivity index (χ2v) is 4.59. The summed E-state index contributed by atoms with van der Waals surface area (Å²) in [4.78, 5) is 0. The molecule has 0 aromatic heterocycles. The van der Waals surface area contributed by atoms with Gasteiger partial charge in [-0.2, -0.15) is 0 Å². The van der Waals surface area contributed by atoms with E-state index in [0.29, 0.717) is 5.56 Å². The van der Waals surface area contributed by atoms with Gasteiger partial charge in [0.2, 0.25) is 0 Å². The standard InChI is InChI=1S/C16H17F2NO/c1-11(19-2)13-5-3-4-6-16(13)20-10-12-7-8-14(17)15(18)9-12/h3-9,11,19H,10H2,1-2H3. The Bertz CT molecular complexity index is 586. The van der Waals surface area contributed by atoms with Gasteiger partial charge in [0.1, 0.15) is 12.4 Å². The maximum absolute atomic E-state index is 13.1. The first kappa shape index (κ1) is 14.5. The van der Waals surface area contributed by atoms with E-state index in [0.717, 1.165) is 23.4 Å². The minimum absolute atomic E-state index is 0.149. The molecule has 2 aromatic rings. The summed E-state index contributed by atoms with van der Waals surface area (Å²) < 4.78 is 31.7. The molecule has 0 aliphatic rings. The molecule has 0 aliphatic carbocycles. The molecule has 0 bridgehead atoms. The summed E-state index contributed by atoms with van der Waals surface area (Å²) in [5.74, 6) is -0.972. The average Bonchev–Trinajstić information content (AvgIpc) is 2.48. The number of hydrogen-bond donors (Lipinski definition) is 1. The molecule has 0 heterocycles. The maximum atomic E-state index is 13.1. The van der Waals surface area contributed by atoms with Gasteiger partial charge >= 0.3 is 0 Å². The molecule has 0 aliphatic heterocycles. The molecule has 4 heteroatoms. The maximum Gasteiger partial charge on any atom is 0.159 e. The molecule has 1 atom stereocenters. The zero-order chi connectivity index (χ0) is 14.5. The van der Waals surface area contributed by atoms with E-state index in [2.05, 4.69) is 5.32 Å². The van der Waals surface area contributed by atoms with Gasteiger partial charge < -0.3 is 10.1 Å². The smallest absolute Gasteiger partial charge is 0.159 e. The minimum Gasteiger partial charge on any atom is -0.489 e. The van der Waals surface area contributed by atoms with Crippen molar-refractivity contribution < 1.29 is 13.5 Å². The van der Waals surface area contributed by atoms with Crippen molar-refractivity contribution in [3.8, 4) is 5.75 Å². The SMILES string of the molecule is CNC(C)c1ccccc1OCc1ccc(F)c(F)c1. The second-order valence-electron chi connectivity index (χ2n) is 4.59. The highest BCUT2D eigenvalue weighted by molar-refractivity contribution is 5.35. The molecule has 2 aromatic carbocycles. The Hall–Kier alpha value is -1.94. The molecule has 2 nitrogen and oxygen atoms in total. The first-order valence-electron chi connectivity index (χ1n) is 6.44. The van der Waals surface area contributed by atoms with E-state index >= 15 is 0 Å². The zero-order valence-electron chi connectivity index (χ0n) is 11.5. The predicted molar refractivity (Wildman–Crippen MR) is 74.6 cm³/mol. The third-order valence-corrected chi connectivity index (χ3v) is 3.20. The van der Waals surface area contributed by atoms with Crippen molar-refractivity contribution in [1.29, 1.82) is 0 Å². The summed E-state index contributed by atoms with van der Waals surface area (Å²) in [6, 6.07) is 11.6. The molecule has 0 radical (unpaired) electrons. The van der Waals surface area contributed by atoms with Gasteiger partial charge in [-0.1, -0.05) is 24.3 Å². The Balaban J connectivity index is 2.12. The van der Waals surface area contributed by atoms with Crippen LogP contribution in [0.15, 0.2) is 42.5 Å². The lowest BCUT2D eigenvalue weighted by Gasteiger charge is -2.16. The number of benzene rings is 2. The van der Waals surface area contributed by atoms with Crippen molar-refractivity contribution in [2.24, 2.45) is 0 Å². The zero-order valence-corrected chi connectivity index (χ0v) is 11.5. The minimum atomic E-state index is -0.858. The van der Waals surface area contributed by atoms with Crippen molar-refractivity contribution in [2.45, 2.75) is 19.6 Å².